The van der Waals surface area contributed by atoms with Crippen LogP contribution < -0.4 is 26.6 Å². The summed E-state index contributed by atoms with van der Waals surface area (Å²) in [5, 5.41) is 0. The fourth-order valence-electron chi connectivity index (χ4n) is 3.90. The van der Waals surface area contributed by atoms with Crippen LogP contribution in [0.15, 0.2) is 91.5 Å². The van der Waals surface area contributed by atoms with E-state index in [1.54, 1.807) is 0 Å². The Bertz CT molecular complexity index is 1690. The number of fused-ring (bicyclic) bond motifs is 1. The van der Waals surface area contributed by atoms with Gasteiger partial charge in [0.1, 0.15) is 0 Å². The number of nitrogens with zero attached hydrogens (tertiary/aromatic N) is 3. The normalized spacial score (nSPS) is 11.9. The van der Waals surface area contributed by atoms with Crippen molar-refractivity contribution in [1.82, 2.24) is 31.7 Å². The summed E-state index contributed by atoms with van der Waals surface area (Å²) in [6.07, 6.45) is 5.74. The summed E-state index contributed by atoms with van der Waals surface area (Å²) >= 11 is 0. The van der Waals surface area contributed by atoms with Gasteiger partial charge in [0.2, 0.25) is 0 Å². The Balaban J connectivity index is 1.23. The van der Waals surface area contributed by atoms with Crippen LogP contribution in [0.4, 0.5) is 5.69 Å². The van der Waals surface area contributed by atoms with Crippen molar-refractivity contribution in [3.05, 3.63) is 125 Å². The molecule has 0 aliphatic carbocycles. The molecule has 202 valence electrons. The number of amides is 6. The van der Waals surface area contributed by atoms with Crippen molar-refractivity contribution in [2.45, 2.75) is 0 Å². The van der Waals surface area contributed by atoms with Gasteiger partial charge in [-0.3, -0.25) is 60.4 Å². The molecule has 0 saturated heterocycles. The molecule has 0 saturated carbocycles. The molecular formula is C28H19N7O6. The minimum absolute atomic E-state index is 0.00348. The molecule has 13 nitrogen and oxygen atoms in total. The van der Waals surface area contributed by atoms with Crippen molar-refractivity contribution >= 4 is 41.1 Å². The van der Waals surface area contributed by atoms with Crippen molar-refractivity contribution < 1.29 is 28.8 Å². The van der Waals surface area contributed by atoms with Crippen molar-refractivity contribution in [1.29, 1.82) is 0 Å². The maximum absolute atomic E-state index is 13.1. The smallest absolute Gasteiger partial charge is 0.268 e. The second kappa shape index (κ2) is 11.2. The molecule has 13 heteroatoms. The first-order valence-electron chi connectivity index (χ1n) is 12.0. The van der Waals surface area contributed by atoms with Gasteiger partial charge in [-0.15, -0.1) is 0 Å². The summed E-state index contributed by atoms with van der Waals surface area (Å²) in [6, 6.07) is 15.5. The van der Waals surface area contributed by atoms with Crippen LogP contribution in [-0.4, -0.2) is 45.4 Å². The van der Waals surface area contributed by atoms with Crippen molar-refractivity contribution in [2.75, 3.05) is 4.90 Å². The second-order valence-corrected chi connectivity index (χ2v) is 8.54. The predicted molar refractivity (Wildman–Crippen MR) is 142 cm³/mol. The van der Waals surface area contributed by atoms with Crippen LogP contribution in [0.2, 0.25) is 0 Å². The first-order valence-corrected chi connectivity index (χ1v) is 12.0. The zero-order valence-electron chi connectivity index (χ0n) is 21.0. The maximum atomic E-state index is 13.1. The molecule has 6 amide bonds. The minimum Gasteiger partial charge on any atom is -0.268 e. The molecule has 1 aliphatic rings. The zero-order valence-corrected chi connectivity index (χ0v) is 21.0. The lowest BCUT2D eigenvalue weighted by Crippen LogP contribution is -2.41. The molecule has 0 spiro atoms. The zero-order chi connectivity index (χ0) is 28.9. The van der Waals surface area contributed by atoms with Gasteiger partial charge < -0.3 is 0 Å². The van der Waals surface area contributed by atoms with Crippen LogP contribution in [0.25, 0.3) is 0 Å². The lowest BCUT2D eigenvalue weighted by Gasteiger charge is -2.14. The Morgan fingerprint density at radius 1 is 0.488 bits per heavy atom. The van der Waals surface area contributed by atoms with Gasteiger partial charge in [-0.2, -0.15) is 0 Å². The lowest BCUT2D eigenvalue weighted by molar-refractivity contribution is 0.0846. The van der Waals surface area contributed by atoms with Gasteiger partial charge >= 0.3 is 0 Å². The van der Waals surface area contributed by atoms with Crippen LogP contribution in [-0.2, 0) is 0 Å². The molecule has 1 aliphatic heterocycles. The number of hydrogen-bond donors (Lipinski definition) is 4. The van der Waals surface area contributed by atoms with E-state index in [1.165, 1.54) is 91.5 Å². The predicted octanol–water partition coefficient (Wildman–Crippen LogP) is 1.43. The number of nitrogens with one attached hydrogen (secondary N) is 4. The van der Waals surface area contributed by atoms with Gasteiger partial charge in [-0.1, -0.05) is 0 Å². The first-order chi connectivity index (χ1) is 19.8. The Morgan fingerprint density at radius 2 is 0.878 bits per heavy atom. The van der Waals surface area contributed by atoms with Crippen molar-refractivity contribution in [3.8, 4) is 0 Å². The lowest BCUT2D eigenvalue weighted by atomic mass is 10.1. The van der Waals surface area contributed by atoms with E-state index in [4.69, 9.17) is 0 Å². The van der Waals surface area contributed by atoms with E-state index in [2.05, 4.69) is 31.7 Å². The molecule has 4 N–H and O–H groups in total. The van der Waals surface area contributed by atoms with E-state index in [-0.39, 0.29) is 33.5 Å². The Morgan fingerprint density at radius 3 is 1.37 bits per heavy atom. The van der Waals surface area contributed by atoms with Gasteiger partial charge in [-0.05, 0) is 66.7 Å². The third-order valence-corrected chi connectivity index (χ3v) is 6.00. The molecule has 41 heavy (non-hydrogen) atoms. The topological polar surface area (TPSA) is 180 Å². The van der Waals surface area contributed by atoms with Gasteiger partial charge in [0.25, 0.3) is 35.4 Å². The third-order valence-electron chi connectivity index (χ3n) is 6.00. The Hall–Kier alpha value is -6.24. The van der Waals surface area contributed by atoms with E-state index in [0.29, 0.717) is 5.56 Å². The average Bonchev–Trinajstić information content (AvgIpc) is 3.27. The van der Waals surface area contributed by atoms with E-state index in [1.807, 2.05) is 0 Å². The first kappa shape index (κ1) is 26.4. The largest absolute Gasteiger partial charge is 0.269 e. The molecule has 3 heterocycles. The van der Waals surface area contributed by atoms with Gasteiger partial charge in [-0.25, -0.2) is 4.90 Å². The van der Waals surface area contributed by atoms with Crippen LogP contribution in [0.5, 0.6) is 0 Å². The third kappa shape index (κ3) is 5.49. The summed E-state index contributed by atoms with van der Waals surface area (Å²) in [5.41, 5.74) is 10.2. The number of pyridine rings is 2. The molecule has 5 rings (SSSR count). The number of rotatable bonds is 5. The van der Waals surface area contributed by atoms with Crippen LogP contribution >= 0.6 is 0 Å². The van der Waals surface area contributed by atoms with Crippen molar-refractivity contribution in [2.24, 2.45) is 0 Å². The second-order valence-electron chi connectivity index (χ2n) is 8.54. The van der Waals surface area contributed by atoms with E-state index < -0.39 is 35.4 Å². The van der Waals surface area contributed by atoms with Crippen molar-refractivity contribution in [3.63, 3.8) is 0 Å². The van der Waals surface area contributed by atoms with Gasteiger partial charge in [0, 0.05) is 47.0 Å². The molecule has 0 fully saturated rings. The SMILES string of the molecule is O=C(NNC(=O)c1ccc(N2C(=O)c3ccc(C(=O)NNC(=O)c4ccncc4)cc3C2=O)cc1)c1ccncc1. The molecule has 0 atom stereocenters. The molecule has 4 aromatic rings. The number of hydrazine groups is 2. The van der Waals surface area contributed by atoms with Gasteiger partial charge in [0.15, 0.2) is 0 Å². The highest BCUT2D eigenvalue weighted by atomic mass is 16.2. The fourth-order valence-corrected chi connectivity index (χ4v) is 3.90. The Kier molecular flexibility index (Phi) is 7.23. The summed E-state index contributed by atoms with van der Waals surface area (Å²) in [4.78, 5) is 84.0. The standard InChI is InChI=1S/C28H19N7O6/c36-23(31-32-24(37)17-7-11-29-12-8-17)16-1-4-20(5-2-16)35-27(40)21-6-3-19(15-22(21)28(35)41)26(39)34-33-25(38)18-9-13-30-14-10-18/h1-15H,(H,31,36)(H,32,37)(H,33,38)(H,34,39). The van der Waals surface area contributed by atoms with Crippen LogP contribution in [0.1, 0.15) is 62.1 Å². The number of benzene rings is 2. The molecule has 2 aromatic carbocycles. The number of aromatic nitrogens is 2. The molecule has 0 bridgehead atoms. The maximum Gasteiger partial charge on any atom is 0.269 e. The van der Waals surface area contributed by atoms with E-state index >= 15 is 0 Å². The molecule has 2 aromatic heterocycles. The highest BCUT2D eigenvalue weighted by Gasteiger charge is 2.37. The fraction of sp³-hybridized carbons (Fsp3) is 0. The quantitative estimate of drug-likeness (QED) is 0.213. The Labute approximate surface area is 231 Å². The minimum atomic E-state index is -0.694. The number of carbonyl (C=O) groups excluding carboxylic acids is 6. The number of hydrogen-bond acceptors (Lipinski definition) is 8. The summed E-state index contributed by atoms with van der Waals surface area (Å²) in [6.45, 7) is 0. The number of imide groups is 1. The molecule has 0 radical (unpaired) electrons. The van der Waals surface area contributed by atoms with E-state index in [0.717, 1.165) is 4.90 Å². The highest BCUT2D eigenvalue weighted by molar-refractivity contribution is 6.34. The van der Waals surface area contributed by atoms with E-state index in [9.17, 15) is 28.8 Å². The highest BCUT2D eigenvalue weighted by Crippen LogP contribution is 2.29. The molecular weight excluding hydrogens is 530 g/mol. The summed E-state index contributed by atoms with van der Waals surface area (Å²) in [7, 11) is 0. The van der Waals surface area contributed by atoms with Crippen LogP contribution in [0.3, 0.4) is 0 Å². The van der Waals surface area contributed by atoms with Crippen LogP contribution in [0, 0.1) is 0 Å². The number of carbonyl (C=O) groups is 6. The average molecular weight is 550 g/mol. The number of anilines is 1. The summed E-state index contributed by atoms with van der Waals surface area (Å²) in [5.74, 6) is -3.68. The molecule has 0 unspecified atom stereocenters. The summed E-state index contributed by atoms with van der Waals surface area (Å²) < 4.78 is 0. The monoisotopic (exact) mass is 549 g/mol. The van der Waals surface area contributed by atoms with Gasteiger partial charge in [0.05, 0.1) is 16.8 Å².